The smallest absolute Gasteiger partial charge is 0.227 e. The van der Waals surface area contributed by atoms with Gasteiger partial charge in [0, 0.05) is 22.6 Å². The minimum Gasteiger partial charge on any atom is -0.325 e. The number of nitrogens with zero attached hydrogens (tertiary/aromatic N) is 1. The van der Waals surface area contributed by atoms with Gasteiger partial charge in [-0.05, 0) is 75.5 Å². The number of piperidine rings is 1. The summed E-state index contributed by atoms with van der Waals surface area (Å²) < 4.78 is 1.11. The predicted molar refractivity (Wildman–Crippen MR) is 111 cm³/mol. The van der Waals surface area contributed by atoms with Gasteiger partial charge in [-0.3, -0.25) is 9.69 Å². The summed E-state index contributed by atoms with van der Waals surface area (Å²) in [6.45, 7) is 9.12. The monoisotopic (exact) mass is 414 g/mol. The Balaban J connectivity index is 1.54. The van der Waals surface area contributed by atoms with Crippen LogP contribution in [0, 0.1) is 26.7 Å². The lowest BCUT2D eigenvalue weighted by molar-refractivity contribution is -0.121. The maximum atomic E-state index is 12.7. The van der Waals surface area contributed by atoms with Gasteiger partial charge in [0.25, 0.3) is 0 Å². The summed E-state index contributed by atoms with van der Waals surface area (Å²) in [7, 11) is 0. The molecule has 1 aliphatic rings. The van der Waals surface area contributed by atoms with Crippen LogP contribution in [0.1, 0.15) is 35.1 Å². The lowest BCUT2D eigenvalue weighted by atomic mass is 9.95. The van der Waals surface area contributed by atoms with E-state index >= 15 is 0 Å². The summed E-state index contributed by atoms with van der Waals surface area (Å²) in [5.74, 6) is 0.277. The highest BCUT2D eigenvalue weighted by molar-refractivity contribution is 9.10. The Bertz CT molecular complexity index is 754. The van der Waals surface area contributed by atoms with E-state index in [2.05, 4.69) is 83.3 Å². The normalized spacial score (nSPS) is 15.8. The number of amides is 1. The summed E-state index contributed by atoms with van der Waals surface area (Å²) in [6.07, 6.45) is 1.85. The fourth-order valence-corrected chi connectivity index (χ4v) is 4.07. The third-order valence-corrected chi connectivity index (χ3v) is 5.73. The van der Waals surface area contributed by atoms with Gasteiger partial charge in [-0.25, -0.2) is 0 Å². The van der Waals surface area contributed by atoms with Crippen LogP contribution in [0.2, 0.25) is 0 Å². The lowest BCUT2D eigenvalue weighted by Gasteiger charge is -2.31. The van der Waals surface area contributed by atoms with Crippen LogP contribution in [0.15, 0.2) is 40.9 Å². The quantitative estimate of drug-likeness (QED) is 0.742. The van der Waals surface area contributed by atoms with Crippen molar-refractivity contribution in [3.05, 3.63) is 63.1 Å². The van der Waals surface area contributed by atoms with Crippen molar-refractivity contribution in [3.8, 4) is 0 Å². The van der Waals surface area contributed by atoms with Gasteiger partial charge >= 0.3 is 0 Å². The first-order valence-electron chi connectivity index (χ1n) is 9.28. The number of carbonyl (C=O) groups excluding carboxylic acids is 1. The van der Waals surface area contributed by atoms with E-state index < -0.39 is 0 Å². The second-order valence-corrected chi connectivity index (χ2v) is 8.36. The average Bonchev–Trinajstić information content (AvgIpc) is 2.60. The number of rotatable bonds is 4. The molecule has 2 aromatic rings. The molecule has 3 nitrogen and oxygen atoms in total. The molecule has 0 bridgehead atoms. The standard InChI is InChI=1S/C22H27BrN2O/c1-15-12-16(2)21(17(3)13-15)24-22(26)19-8-10-25(11-9-19)14-18-4-6-20(23)7-5-18/h4-7,12-13,19H,8-11,14H2,1-3H3,(H,24,26). The molecule has 0 unspecified atom stereocenters. The van der Waals surface area contributed by atoms with Crippen molar-refractivity contribution in [2.75, 3.05) is 18.4 Å². The van der Waals surface area contributed by atoms with Gasteiger partial charge in [-0.2, -0.15) is 0 Å². The molecule has 0 radical (unpaired) electrons. The number of benzene rings is 2. The molecule has 138 valence electrons. The van der Waals surface area contributed by atoms with Gasteiger partial charge in [0.2, 0.25) is 5.91 Å². The number of hydrogen-bond donors (Lipinski definition) is 1. The molecular formula is C22H27BrN2O. The van der Waals surface area contributed by atoms with E-state index in [1.165, 1.54) is 11.1 Å². The zero-order valence-corrected chi connectivity index (χ0v) is 17.4. The Morgan fingerprint density at radius 2 is 1.65 bits per heavy atom. The number of anilines is 1. The number of carbonyl (C=O) groups is 1. The summed E-state index contributed by atoms with van der Waals surface area (Å²) in [4.78, 5) is 15.2. The van der Waals surface area contributed by atoms with Crippen molar-refractivity contribution in [2.45, 2.75) is 40.2 Å². The van der Waals surface area contributed by atoms with E-state index in [4.69, 9.17) is 0 Å². The molecule has 1 saturated heterocycles. The van der Waals surface area contributed by atoms with Gasteiger partial charge in [-0.15, -0.1) is 0 Å². The minimum absolute atomic E-state index is 0.108. The van der Waals surface area contributed by atoms with Crippen LogP contribution >= 0.6 is 15.9 Å². The van der Waals surface area contributed by atoms with Crippen molar-refractivity contribution < 1.29 is 4.79 Å². The number of aryl methyl sites for hydroxylation is 3. The van der Waals surface area contributed by atoms with E-state index in [1.807, 2.05) is 0 Å². The van der Waals surface area contributed by atoms with Crippen LogP contribution in [0.5, 0.6) is 0 Å². The first-order valence-corrected chi connectivity index (χ1v) is 10.1. The number of halogens is 1. The highest BCUT2D eigenvalue weighted by Crippen LogP contribution is 2.25. The van der Waals surface area contributed by atoms with Crippen molar-refractivity contribution in [2.24, 2.45) is 5.92 Å². The summed E-state index contributed by atoms with van der Waals surface area (Å²) in [5.41, 5.74) is 5.83. The summed E-state index contributed by atoms with van der Waals surface area (Å²) >= 11 is 3.48. The van der Waals surface area contributed by atoms with Gasteiger partial charge in [0.1, 0.15) is 0 Å². The molecule has 0 saturated carbocycles. The summed E-state index contributed by atoms with van der Waals surface area (Å²) in [5, 5.41) is 3.18. The molecule has 26 heavy (non-hydrogen) atoms. The van der Waals surface area contributed by atoms with E-state index in [1.54, 1.807) is 0 Å². The van der Waals surface area contributed by atoms with Crippen LogP contribution in [-0.4, -0.2) is 23.9 Å². The fourth-order valence-electron chi connectivity index (χ4n) is 3.80. The minimum atomic E-state index is 0.108. The molecule has 1 aliphatic heterocycles. The fraction of sp³-hybridized carbons (Fsp3) is 0.409. The summed E-state index contributed by atoms with van der Waals surface area (Å²) in [6, 6.07) is 12.7. The average molecular weight is 415 g/mol. The molecule has 4 heteroatoms. The Hall–Kier alpha value is -1.65. The third kappa shape index (κ3) is 4.74. The van der Waals surface area contributed by atoms with E-state index in [0.717, 1.165) is 53.8 Å². The number of hydrogen-bond acceptors (Lipinski definition) is 2. The molecule has 0 atom stereocenters. The van der Waals surface area contributed by atoms with E-state index in [9.17, 15) is 4.79 Å². The van der Waals surface area contributed by atoms with Crippen LogP contribution in [0.3, 0.4) is 0 Å². The molecule has 1 N–H and O–H groups in total. The zero-order chi connectivity index (χ0) is 18.7. The van der Waals surface area contributed by atoms with Gasteiger partial charge < -0.3 is 5.32 Å². The van der Waals surface area contributed by atoms with Crippen molar-refractivity contribution in [1.82, 2.24) is 4.90 Å². The maximum Gasteiger partial charge on any atom is 0.227 e. The highest BCUT2D eigenvalue weighted by atomic mass is 79.9. The van der Waals surface area contributed by atoms with E-state index in [-0.39, 0.29) is 11.8 Å². The molecule has 0 spiro atoms. The van der Waals surface area contributed by atoms with Gasteiger partial charge in [-0.1, -0.05) is 45.8 Å². The van der Waals surface area contributed by atoms with Crippen LogP contribution < -0.4 is 5.32 Å². The Morgan fingerprint density at radius 1 is 1.08 bits per heavy atom. The molecule has 3 rings (SSSR count). The molecule has 2 aromatic carbocycles. The molecule has 1 heterocycles. The Labute approximate surface area is 164 Å². The zero-order valence-electron chi connectivity index (χ0n) is 15.8. The molecule has 0 aromatic heterocycles. The Morgan fingerprint density at radius 3 is 2.23 bits per heavy atom. The first-order chi connectivity index (χ1) is 12.4. The predicted octanol–water partition coefficient (Wildman–Crippen LogP) is 5.23. The number of nitrogens with one attached hydrogen (secondary N) is 1. The van der Waals surface area contributed by atoms with Crippen molar-refractivity contribution >= 4 is 27.5 Å². The maximum absolute atomic E-state index is 12.7. The van der Waals surface area contributed by atoms with Gasteiger partial charge in [0.15, 0.2) is 0 Å². The lowest BCUT2D eigenvalue weighted by Crippen LogP contribution is -2.37. The number of likely N-dealkylation sites (tertiary alicyclic amines) is 1. The largest absolute Gasteiger partial charge is 0.325 e. The first kappa shape index (κ1) is 19.1. The van der Waals surface area contributed by atoms with Crippen molar-refractivity contribution in [3.63, 3.8) is 0 Å². The SMILES string of the molecule is Cc1cc(C)c(NC(=O)C2CCN(Cc3ccc(Br)cc3)CC2)c(C)c1. The highest BCUT2D eigenvalue weighted by Gasteiger charge is 2.25. The van der Waals surface area contributed by atoms with Crippen molar-refractivity contribution in [1.29, 1.82) is 0 Å². The molecule has 0 aliphatic carbocycles. The van der Waals surface area contributed by atoms with Crippen LogP contribution in [0.4, 0.5) is 5.69 Å². The molecule has 1 amide bonds. The van der Waals surface area contributed by atoms with Gasteiger partial charge in [0.05, 0.1) is 0 Å². The van der Waals surface area contributed by atoms with E-state index in [0.29, 0.717) is 0 Å². The third-order valence-electron chi connectivity index (χ3n) is 5.20. The van der Waals surface area contributed by atoms with Crippen LogP contribution in [-0.2, 0) is 11.3 Å². The topological polar surface area (TPSA) is 32.3 Å². The molecular weight excluding hydrogens is 388 g/mol. The second kappa shape index (κ2) is 8.36. The second-order valence-electron chi connectivity index (χ2n) is 7.44. The molecule has 1 fully saturated rings. The van der Waals surface area contributed by atoms with Crippen LogP contribution in [0.25, 0.3) is 0 Å². The Kier molecular flexibility index (Phi) is 6.15.